The fourth-order valence-electron chi connectivity index (χ4n) is 4.02. The number of halogens is 3. The largest absolute Gasteiger partial charge is 0.461 e. The normalized spacial score (nSPS) is 20.0. The number of hydrogen-bond acceptors (Lipinski definition) is 4. The fourth-order valence-corrected chi connectivity index (χ4v) is 4.14. The van der Waals surface area contributed by atoms with Gasteiger partial charge >= 0.3 is 5.97 Å². The molecule has 32 heavy (non-hydrogen) atoms. The van der Waals surface area contributed by atoms with Crippen molar-refractivity contribution in [2.75, 3.05) is 5.88 Å². The molecule has 2 atom stereocenters. The van der Waals surface area contributed by atoms with Gasteiger partial charge in [0.05, 0.1) is 17.5 Å². The maximum Gasteiger partial charge on any atom is 0.310 e. The van der Waals surface area contributed by atoms with Crippen LogP contribution in [-0.4, -0.2) is 22.1 Å². The van der Waals surface area contributed by atoms with Gasteiger partial charge in [0.25, 0.3) is 4.52 Å². The first-order valence-electron chi connectivity index (χ1n) is 10.6. The highest BCUT2D eigenvalue weighted by atomic mass is 35.5. The van der Waals surface area contributed by atoms with Crippen LogP contribution >= 0.6 is 34.8 Å². The van der Waals surface area contributed by atoms with Crippen LogP contribution in [0.1, 0.15) is 43.9 Å². The number of carbonyl (C=O) groups is 1. The zero-order chi connectivity index (χ0) is 23.4. The molecule has 0 spiro atoms. The summed E-state index contributed by atoms with van der Waals surface area (Å²) in [5.74, 6) is -0.372. The number of nitrogens with zero attached hydrogens (tertiary/aromatic N) is 1. The Morgan fingerprint density at radius 3 is 2.41 bits per heavy atom. The number of benzene rings is 2. The Morgan fingerprint density at radius 1 is 1.06 bits per heavy atom. The fraction of sp³-hybridized carbons (Fsp3) is 0.440. The third kappa shape index (κ3) is 6.63. The number of ether oxygens (including phenoxy) is 1. The highest BCUT2D eigenvalue weighted by Crippen LogP contribution is 2.60. The molecule has 0 radical (unpaired) electrons. The standard InChI is InChI=1S/C25H28Cl3NO3/c1-17(29-32-25(27,28)16-26)12-21-22(24(21,2)3)23(30)31-15-20-11-7-10-19(14-20)13-18-8-5-4-6-9-18/h4-11,14,21-22H,12-13,15-16H2,1-3H3/b29-17+. The van der Waals surface area contributed by atoms with Crippen molar-refractivity contribution in [3.63, 3.8) is 0 Å². The summed E-state index contributed by atoms with van der Waals surface area (Å²) in [4.78, 5) is 17.8. The zero-order valence-corrected chi connectivity index (χ0v) is 20.8. The summed E-state index contributed by atoms with van der Waals surface area (Å²) < 4.78 is 4.11. The van der Waals surface area contributed by atoms with Gasteiger partial charge in [0, 0.05) is 0 Å². The minimum absolute atomic E-state index is 0.108. The smallest absolute Gasteiger partial charge is 0.310 e. The van der Waals surface area contributed by atoms with E-state index in [4.69, 9.17) is 44.4 Å². The number of carbonyl (C=O) groups excluding carboxylic acids is 1. The van der Waals surface area contributed by atoms with E-state index in [9.17, 15) is 4.79 Å². The second kappa shape index (κ2) is 10.5. The topological polar surface area (TPSA) is 47.9 Å². The predicted octanol–water partition coefficient (Wildman–Crippen LogP) is 6.75. The predicted molar refractivity (Wildman–Crippen MR) is 130 cm³/mol. The minimum atomic E-state index is -1.56. The molecule has 3 rings (SSSR count). The Kier molecular flexibility index (Phi) is 8.13. The van der Waals surface area contributed by atoms with Gasteiger partial charge in [0.1, 0.15) is 6.61 Å². The molecule has 2 aromatic rings. The lowest BCUT2D eigenvalue weighted by Gasteiger charge is -2.13. The van der Waals surface area contributed by atoms with Crippen molar-refractivity contribution in [2.24, 2.45) is 22.4 Å². The average Bonchev–Trinajstić information content (AvgIpc) is 3.31. The molecular formula is C25H28Cl3NO3. The maximum absolute atomic E-state index is 12.8. The minimum Gasteiger partial charge on any atom is -0.461 e. The Labute approximate surface area is 204 Å². The van der Waals surface area contributed by atoms with E-state index in [1.807, 2.05) is 37.3 Å². The number of oxime groups is 1. The summed E-state index contributed by atoms with van der Waals surface area (Å²) in [5.41, 5.74) is 3.94. The van der Waals surface area contributed by atoms with Gasteiger partial charge < -0.3 is 9.57 Å². The number of esters is 1. The number of hydrogen-bond donors (Lipinski definition) is 0. The monoisotopic (exact) mass is 495 g/mol. The molecule has 2 unspecified atom stereocenters. The highest BCUT2D eigenvalue weighted by molar-refractivity contribution is 6.50. The first-order valence-corrected chi connectivity index (χ1v) is 11.9. The van der Waals surface area contributed by atoms with Gasteiger partial charge in [0.15, 0.2) is 0 Å². The van der Waals surface area contributed by atoms with Crippen LogP contribution in [0.5, 0.6) is 0 Å². The Hall–Kier alpha value is -1.75. The SMILES string of the molecule is C/C(CC1C(C(=O)OCc2cccc(Cc3ccccc3)c2)C1(C)C)=N\OC(Cl)(Cl)CCl. The van der Waals surface area contributed by atoms with E-state index in [1.165, 1.54) is 11.1 Å². The molecule has 1 saturated carbocycles. The van der Waals surface area contributed by atoms with Crippen LogP contribution in [0.3, 0.4) is 0 Å². The molecular weight excluding hydrogens is 469 g/mol. The van der Waals surface area contributed by atoms with Gasteiger partial charge in [0.2, 0.25) is 0 Å². The van der Waals surface area contributed by atoms with Crippen molar-refractivity contribution in [3.8, 4) is 0 Å². The second-order valence-electron chi connectivity index (χ2n) is 8.89. The molecule has 2 aromatic carbocycles. The lowest BCUT2D eigenvalue weighted by Crippen LogP contribution is -2.17. The molecule has 1 aliphatic carbocycles. The Balaban J connectivity index is 1.53. The van der Waals surface area contributed by atoms with Crippen molar-refractivity contribution in [2.45, 2.75) is 44.7 Å². The Bertz CT molecular complexity index is 960. The highest BCUT2D eigenvalue weighted by Gasteiger charge is 2.62. The van der Waals surface area contributed by atoms with Gasteiger partial charge in [-0.1, -0.05) is 96.8 Å². The molecule has 172 valence electrons. The van der Waals surface area contributed by atoms with Crippen molar-refractivity contribution in [1.82, 2.24) is 0 Å². The Morgan fingerprint density at radius 2 is 1.72 bits per heavy atom. The molecule has 0 heterocycles. The third-order valence-corrected chi connectivity index (χ3v) is 6.99. The summed E-state index contributed by atoms with van der Waals surface area (Å²) in [6.45, 7) is 6.19. The van der Waals surface area contributed by atoms with Crippen molar-refractivity contribution < 1.29 is 14.4 Å². The summed E-state index contributed by atoms with van der Waals surface area (Å²) in [6, 6.07) is 18.4. The second-order valence-corrected chi connectivity index (χ2v) is 10.6. The first-order chi connectivity index (χ1) is 15.1. The van der Waals surface area contributed by atoms with Crippen molar-refractivity contribution in [1.29, 1.82) is 0 Å². The first kappa shape index (κ1) is 24.9. The van der Waals surface area contributed by atoms with Crippen LogP contribution in [0.25, 0.3) is 0 Å². The molecule has 0 amide bonds. The van der Waals surface area contributed by atoms with Crippen LogP contribution in [-0.2, 0) is 27.4 Å². The maximum atomic E-state index is 12.8. The van der Waals surface area contributed by atoms with E-state index in [2.05, 4.69) is 43.3 Å². The van der Waals surface area contributed by atoms with Gasteiger partial charge in [-0.15, -0.1) is 11.6 Å². The van der Waals surface area contributed by atoms with Gasteiger partial charge in [-0.05, 0) is 47.8 Å². The lowest BCUT2D eigenvalue weighted by atomic mass is 10.0. The van der Waals surface area contributed by atoms with Gasteiger partial charge in [-0.25, -0.2) is 0 Å². The summed E-state index contributed by atoms with van der Waals surface area (Å²) >= 11 is 17.3. The molecule has 0 aliphatic heterocycles. The summed E-state index contributed by atoms with van der Waals surface area (Å²) in [5, 5.41) is 3.96. The van der Waals surface area contributed by atoms with E-state index in [0.29, 0.717) is 12.1 Å². The van der Waals surface area contributed by atoms with Crippen molar-refractivity contribution >= 4 is 46.5 Å². The van der Waals surface area contributed by atoms with E-state index >= 15 is 0 Å². The molecule has 0 N–H and O–H groups in total. The quantitative estimate of drug-likeness (QED) is 0.158. The molecule has 1 fully saturated rings. The van der Waals surface area contributed by atoms with E-state index in [0.717, 1.165) is 12.0 Å². The lowest BCUT2D eigenvalue weighted by molar-refractivity contribution is -0.147. The van der Waals surface area contributed by atoms with E-state index < -0.39 is 4.52 Å². The van der Waals surface area contributed by atoms with E-state index in [-0.39, 0.29) is 35.7 Å². The molecule has 0 bridgehead atoms. The zero-order valence-electron chi connectivity index (χ0n) is 18.5. The van der Waals surface area contributed by atoms with Crippen LogP contribution in [0.4, 0.5) is 0 Å². The third-order valence-electron chi connectivity index (χ3n) is 5.93. The molecule has 1 aliphatic rings. The van der Waals surface area contributed by atoms with Crippen LogP contribution in [0.2, 0.25) is 0 Å². The van der Waals surface area contributed by atoms with Crippen LogP contribution < -0.4 is 0 Å². The summed E-state index contributed by atoms with van der Waals surface area (Å²) in [7, 11) is 0. The summed E-state index contributed by atoms with van der Waals surface area (Å²) in [6.07, 6.45) is 1.43. The van der Waals surface area contributed by atoms with E-state index in [1.54, 1.807) is 0 Å². The van der Waals surface area contributed by atoms with Gasteiger partial charge in [-0.2, -0.15) is 0 Å². The number of alkyl halides is 3. The average molecular weight is 497 g/mol. The molecule has 0 aromatic heterocycles. The van der Waals surface area contributed by atoms with Crippen LogP contribution in [0, 0.1) is 17.3 Å². The molecule has 0 saturated heterocycles. The molecule has 7 heteroatoms. The molecule has 4 nitrogen and oxygen atoms in total. The number of rotatable bonds is 10. The van der Waals surface area contributed by atoms with Gasteiger partial charge in [-0.3, -0.25) is 4.79 Å². The van der Waals surface area contributed by atoms with Crippen molar-refractivity contribution in [3.05, 3.63) is 71.3 Å². The van der Waals surface area contributed by atoms with Crippen LogP contribution in [0.15, 0.2) is 59.8 Å².